The van der Waals surface area contributed by atoms with Gasteiger partial charge in [-0.2, -0.15) is 0 Å². The van der Waals surface area contributed by atoms with Crippen LogP contribution in [0.4, 0.5) is 5.69 Å². The Morgan fingerprint density at radius 3 is 2.58 bits per heavy atom. The molecule has 0 aliphatic carbocycles. The van der Waals surface area contributed by atoms with Gasteiger partial charge in [0.2, 0.25) is 5.91 Å². The standard InChI is InChI=1S/C23H34N6O.HI/c1-5-29(21-11-8-9-19(2)17-21)16-14-26-23(24-3)27-18-22(30)28(4)15-12-20-10-6-7-13-25-20;/h6-11,13,17H,5,12,14-16,18H2,1-4H3,(H2,24,26,27);1H. The molecule has 2 N–H and O–H groups in total. The number of hydrogen-bond acceptors (Lipinski definition) is 4. The molecular formula is C23H35IN6O. The molecule has 1 amide bonds. The molecule has 0 saturated heterocycles. The van der Waals surface area contributed by atoms with Crippen LogP contribution in [0.3, 0.4) is 0 Å². The number of aromatic nitrogens is 1. The van der Waals surface area contributed by atoms with Crippen molar-refractivity contribution in [3.63, 3.8) is 0 Å². The molecule has 1 aromatic carbocycles. The maximum atomic E-state index is 12.4. The lowest BCUT2D eigenvalue weighted by Gasteiger charge is -2.24. The highest BCUT2D eigenvalue weighted by Crippen LogP contribution is 2.14. The number of nitrogens with one attached hydrogen (secondary N) is 2. The van der Waals surface area contributed by atoms with E-state index in [2.05, 4.69) is 63.6 Å². The average molecular weight is 538 g/mol. The van der Waals surface area contributed by atoms with Crippen molar-refractivity contribution in [1.82, 2.24) is 20.5 Å². The second-order valence-corrected chi connectivity index (χ2v) is 7.16. The highest BCUT2D eigenvalue weighted by atomic mass is 127. The second-order valence-electron chi connectivity index (χ2n) is 7.16. The van der Waals surface area contributed by atoms with Crippen LogP contribution in [0, 0.1) is 6.92 Å². The summed E-state index contributed by atoms with van der Waals surface area (Å²) in [5.41, 5.74) is 3.45. The first-order valence-electron chi connectivity index (χ1n) is 10.4. The van der Waals surface area contributed by atoms with Crippen molar-refractivity contribution >= 4 is 41.5 Å². The van der Waals surface area contributed by atoms with E-state index in [9.17, 15) is 4.79 Å². The molecule has 31 heavy (non-hydrogen) atoms. The molecule has 0 spiro atoms. The van der Waals surface area contributed by atoms with Crippen molar-refractivity contribution in [3.8, 4) is 0 Å². The van der Waals surface area contributed by atoms with E-state index in [0.717, 1.165) is 31.7 Å². The van der Waals surface area contributed by atoms with Crippen LogP contribution in [0.25, 0.3) is 0 Å². The lowest BCUT2D eigenvalue weighted by Crippen LogP contribution is -2.45. The Hall–Kier alpha value is -2.36. The fourth-order valence-electron chi connectivity index (χ4n) is 3.07. The number of amides is 1. The molecule has 0 saturated carbocycles. The van der Waals surface area contributed by atoms with Crippen LogP contribution in [0.2, 0.25) is 0 Å². The first-order valence-corrected chi connectivity index (χ1v) is 10.4. The molecule has 2 rings (SSSR count). The van der Waals surface area contributed by atoms with Crippen LogP contribution in [-0.4, -0.2) is 68.6 Å². The third kappa shape index (κ3) is 9.54. The van der Waals surface area contributed by atoms with E-state index in [0.29, 0.717) is 12.5 Å². The molecule has 0 unspecified atom stereocenters. The van der Waals surface area contributed by atoms with E-state index in [-0.39, 0.29) is 36.4 Å². The van der Waals surface area contributed by atoms with Crippen molar-refractivity contribution in [2.45, 2.75) is 20.3 Å². The summed E-state index contributed by atoms with van der Waals surface area (Å²) >= 11 is 0. The Kier molecular flexibility index (Phi) is 12.6. The number of carbonyl (C=O) groups excluding carboxylic acids is 1. The van der Waals surface area contributed by atoms with Gasteiger partial charge < -0.3 is 20.4 Å². The minimum Gasteiger partial charge on any atom is -0.370 e. The van der Waals surface area contributed by atoms with Gasteiger partial charge in [0.25, 0.3) is 0 Å². The molecular weight excluding hydrogens is 503 g/mol. The van der Waals surface area contributed by atoms with E-state index in [1.807, 2.05) is 25.2 Å². The number of guanidine groups is 1. The normalized spacial score (nSPS) is 10.8. The van der Waals surface area contributed by atoms with Crippen LogP contribution >= 0.6 is 24.0 Å². The molecule has 0 aliphatic heterocycles. The first-order chi connectivity index (χ1) is 14.5. The van der Waals surface area contributed by atoms with Gasteiger partial charge in [-0.1, -0.05) is 18.2 Å². The van der Waals surface area contributed by atoms with E-state index in [1.165, 1.54) is 11.3 Å². The van der Waals surface area contributed by atoms with Gasteiger partial charge in [-0.3, -0.25) is 14.8 Å². The SMILES string of the molecule is CCN(CCNC(=NC)NCC(=O)N(C)CCc1ccccn1)c1cccc(C)c1.I. The lowest BCUT2D eigenvalue weighted by atomic mass is 10.2. The average Bonchev–Trinajstić information content (AvgIpc) is 2.77. The van der Waals surface area contributed by atoms with Crippen molar-refractivity contribution in [1.29, 1.82) is 0 Å². The molecule has 170 valence electrons. The Balaban J connectivity index is 0.00000480. The largest absolute Gasteiger partial charge is 0.370 e. The highest BCUT2D eigenvalue weighted by Gasteiger charge is 2.10. The van der Waals surface area contributed by atoms with Gasteiger partial charge in [-0.05, 0) is 43.7 Å². The summed E-state index contributed by atoms with van der Waals surface area (Å²) in [5, 5.41) is 6.39. The van der Waals surface area contributed by atoms with Crippen molar-refractivity contribution in [2.24, 2.45) is 4.99 Å². The quantitative estimate of drug-likeness (QED) is 0.277. The second kappa shape index (κ2) is 14.6. The Labute approximate surface area is 203 Å². The number of likely N-dealkylation sites (N-methyl/N-ethyl adjacent to an activating group) is 2. The number of aryl methyl sites for hydroxylation is 1. The fraction of sp³-hybridized carbons (Fsp3) is 0.435. The third-order valence-corrected chi connectivity index (χ3v) is 4.91. The predicted octanol–water partition coefficient (Wildman–Crippen LogP) is 2.70. The molecule has 2 aromatic rings. The number of nitrogens with zero attached hydrogens (tertiary/aromatic N) is 4. The van der Waals surface area contributed by atoms with E-state index < -0.39 is 0 Å². The van der Waals surface area contributed by atoms with Crippen molar-refractivity contribution in [3.05, 3.63) is 59.9 Å². The number of pyridine rings is 1. The van der Waals surface area contributed by atoms with Gasteiger partial charge in [-0.15, -0.1) is 24.0 Å². The first kappa shape index (κ1) is 26.7. The molecule has 0 fully saturated rings. The van der Waals surface area contributed by atoms with Crippen LogP contribution in [-0.2, 0) is 11.2 Å². The number of benzene rings is 1. The summed E-state index contributed by atoms with van der Waals surface area (Å²) in [4.78, 5) is 24.9. The van der Waals surface area contributed by atoms with Crippen LogP contribution in [0.15, 0.2) is 53.7 Å². The molecule has 0 radical (unpaired) electrons. The van der Waals surface area contributed by atoms with Gasteiger partial charge >= 0.3 is 0 Å². The van der Waals surface area contributed by atoms with Crippen LogP contribution < -0.4 is 15.5 Å². The molecule has 1 heterocycles. The summed E-state index contributed by atoms with van der Waals surface area (Å²) in [6.45, 7) is 7.58. The maximum absolute atomic E-state index is 12.4. The molecule has 0 bridgehead atoms. The van der Waals surface area contributed by atoms with Gasteiger partial charge in [-0.25, -0.2) is 0 Å². The molecule has 7 nitrogen and oxygen atoms in total. The van der Waals surface area contributed by atoms with Gasteiger partial charge in [0.15, 0.2) is 5.96 Å². The zero-order valence-corrected chi connectivity index (χ0v) is 21.3. The van der Waals surface area contributed by atoms with Gasteiger partial charge in [0.1, 0.15) is 0 Å². The molecule has 0 aliphatic rings. The summed E-state index contributed by atoms with van der Waals surface area (Å²) in [6.07, 6.45) is 2.51. The summed E-state index contributed by atoms with van der Waals surface area (Å²) in [5.74, 6) is 0.644. The van der Waals surface area contributed by atoms with E-state index in [4.69, 9.17) is 0 Å². The minimum atomic E-state index is 0. The van der Waals surface area contributed by atoms with E-state index in [1.54, 1.807) is 18.1 Å². The smallest absolute Gasteiger partial charge is 0.241 e. The zero-order valence-electron chi connectivity index (χ0n) is 19.0. The number of hydrogen-bond donors (Lipinski definition) is 2. The van der Waals surface area contributed by atoms with Crippen LogP contribution in [0.1, 0.15) is 18.2 Å². The Morgan fingerprint density at radius 1 is 1.13 bits per heavy atom. The van der Waals surface area contributed by atoms with Gasteiger partial charge in [0, 0.05) is 64.3 Å². The van der Waals surface area contributed by atoms with Crippen molar-refractivity contribution in [2.75, 3.05) is 51.7 Å². The van der Waals surface area contributed by atoms with E-state index >= 15 is 0 Å². The molecule has 1 aromatic heterocycles. The number of anilines is 1. The summed E-state index contributed by atoms with van der Waals surface area (Å²) in [6, 6.07) is 14.3. The maximum Gasteiger partial charge on any atom is 0.241 e. The topological polar surface area (TPSA) is 72.9 Å². The fourth-order valence-corrected chi connectivity index (χ4v) is 3.07. The zero-order chi connectivity index (χ0) is 21.8. The third-order valence-electron chi connectivity index (χ3n) is 4.91. The van der Waals surface area contributed by atoms with Crippen LogP contribution in [0.5, 0.6) is 0 Å². The monoisotopic (exact) mass is 538 g/mol. The highest BCUT2D eigenvalue weighted by molar-refractivity contribution is 14.0. The minimum absolute atomic E-state index is 0. The number of rotatable bonds is 10. The number of halogens is 1. The molecule has 0 atom stereocenters. The Morgan fingerprint density at radius 2 is 1.94 bits per heavy atom. The Bertz CT molecular complexity index is 815. The lowest BCUT2D eigenvalue weighted by molar-refractivity contribution is -0.128. The van der Waals surface area contributed by atoms with Gasteiger partial charge in [0.05, 0.1) is 6.54 Å². The van der Waals surface area contributed by atoms with Crippen molar-refractivity contribution < 1.29 is 4.79 Å². The summed E-state index contributed by atoms with van der Waals surface area (Å²) < 4.78 is 0. The predicted molar refractivity (Wildman–Crippen MR) is 139 cm³/mol. The summed E-state index contributed by atoms with van der Waals surface area (Å²) in [7, 11) is 3.52. The number of aliphatic imine (C=N–C) groups is 1. The molecule has 8 heteroatoms. The number of carbonyl (C=O) groups is 1.